The van der Waals surface area contributed by atoms with Crippen molar-refractivity contribution in [2.45, 2.75) is 0 Å². The van der Waals surface area contributed by atoms with E-state index in [0.29, 0.717) is 11.4 Å². The Kier molecular flexibility index (Phi) is 3.38. The van der Waals surface area contributed by atoms with Crippen molar-refractivity contribution in [3.05, 3.63) is 34.7 Å². The van der Waals surface area contributed by atoms with Gasteiger partial charge in [0, 0.05) is 18.8 Å². The summed E-state index contributed by atoms with van der Waals surface area (Å²) in [6.07, 6.45) is 1.68. The third kappa shape index (κ3) is 2.24. The van der Waals surface area contributed by atoms with Crippen LogP contribution in [0.15, 0.2) is 28.9 Å². The van der Waals surface area contributed by atoms with Crippen molar-refractivity contribution in [1.82, 2.24) is 9.55 Å². The predicted molar refractivity (Wildman–Crippen MR) is 69.9 cm³/mol. The van der Waals surface area contributed by atoms with Crippen LogP contribution in [0.2, 0.25) is 0 Å². The highest BCUT2D eigenvalue weighted by Crippen LogP contribution is 2.30. The fourth-order valence-corrected chi connectivity index (χ4v) is 2.17. The topological polar surface area (TPSA) is 64.3 Å². The van der Waals surface area contributed by atoms with Crippen LogP contribution in [0.1, 0.15) is 10.6 Å². The first-order valence-corrected chi connectivity index (χ1v) is 5.93. The number of ether oxygens (including phenoxy) is 1. The minimum absolute atomic E-state index is 0.0111. The highest BCUT2D eigenvalue weighted by Gasteiger charge is 2.14. The van der Waals surface area contributed by atoms with Crippen molar-refractivity contribution < 1.29 is 14.6 Å². The smallest absolute Gasteiger partial charge is 0.372 e. The van der Waals surface area contributed by atoms with Crippen molar-refractivity contribution in [1.29, 1.82) is 0 Å². The van der Waals surface area contributed by atoms with Crippen LogP contribution >= 0.6 is 15.9 Å². The number of halogens is 1. The zero-order valence-corrected chi connectivity index (χ0v) is 11.4. The highest BCUT2D eigenvalue weighted by atomic mass is 79.9. The molecular formula is C12H11BrN2O3. The van der Waals surface area contributed by atoms with Gasteiger partial charge >= 0.3 is 5.97 Å². The molecule has 0 unspecified atom stereocenters. The van der Waals surface area contributed by atoms with Crippen LogP contribution in [-0.2, 0) is 7.05 Å². The number of aryl methyl sites for hydroxylation is 1. The molecule has 1 N–H and O–H groups in total. The summed E-state index contributed by atoms with van der Waals surface area (Å²) in [6.45, 7) is 0. The standard InChI is InChI=1S/C12H11BrN2O3/c1-15-6-9(14-11(15)12(16)17)7-3-4-10(18-2)8(13)5-7/h3-6H,1-2H3,(H,16,17). The molecule has 0 fully saturated rings. The van der Waals surface area contributed by atoms with Gasteiger partial charge in [-0.25, -0.2) is 9.78 Å². The third-order valence-electron chi connectivity index (χ3n) is 2.52. The number of hydrogen-bond donors (Lipinski definition) is 1. The minimum atomic E-state index is -1.05. The lowest BCUT2D eigenvalue weighted by molar-refractivity contribution is 0.0680. The monoisotopic (exact) mass is 310 g/mol. The first-order valence-electron chi connectivity index (χ1n) is 5.13. The van der Waals surface area contributed by atoms with Gasteiger partial charge in [-0.3, -0.25) is 0 Å². The average molecular weight is 311 g/mol. The highest BCUT2D eigenvalue weighted by molar-refractivity contribution is 9.10. The van der Waals surface area contributed by atoms with Crippen LogP contribution in [0, 0.1) is 0 Å². The van der Waals surface area contributed by atoms with Gasteiger partial charge in [-0.05, 0) is 34.1 Å². The van der Waals surface area contributed by atoms with Crippen molar-refractivity contribution in [2.24, 2.45) is 7.05 Å². The molecule has 2 aromatic rings. The van der Waals surface area contributed by atoms with Gasteiger partial charge in [-0.1, -0.05) is 0 Å². The van der Waals surface area contributed by atoms with Crippen molar-refractivity contribution in [3.8, 4) is 17.0 Å². The van der Waals surface area contributed by atoms with Gasteiger partial charge in [0.15, 0.2) is 0 Å². The maximum absolute atomic E-state index is 10.9. The molecule has 1 aromatic carbocycles. The van der Waals surface area contributed by atoms with Gasteiger partial charge in [0.2, 0.25) is 5.82 Å². The van der Waals surface area contributed by atoms with E-state index in [4.69, 9.17) is 9.84 Å². The summed E-state index contributed by atoms with van der Waals surface area (Å²) in [7, 11) is 3.24. The molecule has 0 aliphatic rings. The zero-order valence-electron chi connectivity index (χ0n) is 9.85. The summed E-state index contributed by atoms with van der Waals surface area (Å²) >= 11 is 3.38. The number of hydrogen-bond acceptors (Lipinski definition) is 3. The summed E-state index contributed by atoms with van der Waals surface area (Å²) in [5.74, 6) is -0.318. The van der Waals surface area contributed by atoms with Crippen LogP contribution in [0.3, 0.4) is 0 Å². The predicted octanol–water partition coefficient (Wildman–Crippen LogP) is 2.56. The Bertz CT molecular complexity index is 607. The molecule has 1 heterocycles. The van der Waals surface area contributed by atoms with E-state index in [1.54, 1.807) is 26.4 Å². The molecular weight excluding hydrogens is 300 g/mol. The molecule has 0 bridgehead atoms. The van der Waals surface area contributed by atoms with Gasteiger partial charge in [0.1, 0.15) is 5.75 Å². The van der Waals surface area contributed by atoms with E-state index < -0.39 is 5.97 Å². The molecule has 18 heavy (non-hydrogen) atoms. The minimum Gasteiger partial charge on any atom is -0.496 e. The molecule has 0 spiro atoms. The molecule has 0 aliphatic heterocycles. The van der Waals surface area contributed by atoms with Crippen LogP contribution in [0.4, 0.5) is 0 Å². The molecule has 94 valence electrons. The van der Waals surface area contributed by atoms with Gasteiger partial charge < -0.3 is 14.4 Å². The number of carbonyl (C=O) groups is 1. The number of rotatable bonds is 3. The van der Waals surface area contributed by atoms with Gasteiger partial charge in [-0.15, -0.1) is 0 Å². The Morgan fingerprint density at radius 3 is 2.72 bits per heavy atom. The quantitative estimate of drug-likeness (QED) is 0.946. The van der Waals surface area contributed by atoms with E-state index in [1.165, 1.54) is 4.57 Å². The van der Waals surface area contributed by atoms with Crippen LogP contribution in [-0.4, -0.2) is 27.7 Å². The van der Waals surface area contributed by atoms with Crippen LogP contribution in [0.25, 0.3) is 11.3 Å². The Hall–Kier alpha value is -1.82. The largest absolute Gasteiger partial charge is 0.496 e. The number of aromatic carboxylic acids is 1. The molecule has 0 saturated heterocycles. The lowest BCUT2D eigenvalue weighted by atomic mass is 10.2. The number of aromatic nitrogens is 2. The maximum atomic E-state index is 10.9. The molecule has 6 heteroatoms. The van der Waals surface area contributed by atoms with Crippen molar-refractivity contribution in [3.63, 3.8) is 0 Å². The van der Waals surface area contributed by atoms with E-state index in [0.717, 1.165) is 10.0 Å². The second-order valence-corrected chi connectivity index (χ2v) is 4.57. The Labute approximate surface area is 112 Å². The van der Waals surface area contributed by atoms with E-state index in [-0.39, 0.29) is 5.82 Å². The van der Waals surface area contributed by atoms with Crippen molar-refractivity contribution in [2.75, 3.05) is 7.11 Å². The van der Waals surface area contributed by atoms with E-state index in [9.17, 15) is 4.79 Å². The number of carboxylic acid groups (broad SMARTS) is 1. The Balaban J connectivity index is 2.46. The summed E-state index contributed by atoms with van der Waals surface area (Å²) in [5.41, 5.74) is 1.43. The Morgan fingerprint density at radius 2 is 2.22 bits per heavy atom. The number of nitrogens with zero attached hydrogens (tertiary/aromatic N) is 2. The molecule has 5 nitrogen and oxygen atoms in total. The van der Waals surface area contributed by atoms with Gasteiger partial charge in [0.25, 0.3) is 0 Å². The maximum Gasteiger partial charge on any atom is 0.372 e. The van der Waals surface area contributed by atoms with Gasteiger partial charge in [0.05, 0.1) is 17.3 Å². The summed E-state index contributed by atoms with van der Waals surface area (Å²) in [6, 6.07) is 5.47. The second kappa shape index (κ2) is 4.81. The lowest BCUT2D eigenvalue weighted by Crippen LogP contribution is -2.04. The van der Waals surface area contributed by atoms with Crippen LogP contribution < -0.4 is 4.74 Å². The summed E-state index contributed by atoms with van der Waals surface area (Å²) < 4.78 is 7.41. The first-order chi connectivity index (χ1) is 8.52. The average Bonchev–Trinajstić information content (AvgIpc) is 2.71. The number of imidazole rings is 1. The molecule has 0 saturated carbocycles. The van der Waals surface area contributed by atoms with E-state index >= 15 is 0 Å². The number of methoxy groups -OCH3 is 1. The second-order valence-electron chi connectivity index (χ2n) is 3.72. The normalized spacial score (nSPS) is 10.4. The van der Waals surface area contributed by atoms with E-state index in [2.05, 4.69) is 20.9 Å². The Morgan fingerprint density at radius 1 is 1.50 bits per heavy atom. The number of carboxylic acids is 1. The fraction of sp³-hybridized carbons (Fsp3) is 0.167. The fourth-order valence-electron chi connectivity index (χ4n) is 1.63. The first kappa shape index (κ1) is 12.6. The molecule has 0 aliphatic carbocycles. The SMILES string of the molecule is COc1ccc(-c2cn(C)c(C(=O)O)n2)cc1Br. The molecule has 0 radical (unpaired) electrons. The van der Waals surface area contributed by atoms with E-state index in [1.807, 2.05) is 12.1 Å². The molecule has 0 atom stereocenters. The van der Waals surface area contributed by atoms with Crippen LogP contribution in [0.5, 0.6) is 5.75 Å². The molecule has 0 amide bonds. The van der Waals surface area contributed by atoms with Gasteiger partial charge in [-0.2, -0.15) is 0 Å². The summed E-state index contributed by atoms with van der Waals surface area (Å²) in [4.78, 5) is 15.0. The zero-order chi connectivity index (χ0) is 13.3. The lowest BCUT2D eigenvalue weighted by Gasteiger charge is -2.04. The van der Waals surface area contributed by atoms with Crippen molar-refractivity contribution >= 4 is 21.9 Å². The third-order valence-corrected chi connectivity index (χ3v) is 3.13. The molecule has 2 rings (SSSR count). The summed E-state index contributed by atoms with van der Waals surface area (Å²) in [5, 5.41) is 8.95. The number of benzene rings is 1. The molecule has 1 aromatic heterocycles.